The van der Waals surface area contributed by atoms with Gasteiger partial charge >= 0.3 is 0 Å². The molecular weight excluding hydrogens is 198 g/mol. The zero-order chi connectivity index (χ0) is 11.4. The Kier molecular flexibility index (Phi) is 3.20. The van der Waals surface area contributed by atoms with Crippen LogP contribution in [0.3, 0.4) is 0 Å². The number of aromatic hydroxyl groups is 1. The van der Waals surface area contributed by atoms with Crippen molar-refractivity contribution in [3.63, 3.8) is 0 Å². The maximum absolute atomic E-state index is 9.20. The number of hydrogen-bond acceptors (Lipinski definition) is 2. The number of nitrogens with zero attached hydrogens (tertiary/aromatic N) is 1. The zero-order valence-corrected chi connectivity index (χ0v) is 9.30. The number of phenols is 1. The molecule has 0 spiro atoms. The molecule has 1 aromatic heterocycles. The molecule has 0 aliphatic heterocycles. The predicted octanol–water partition coefficient (Wildman–Crippen LogP) is 3.13. The molecule has 0 radical (unpaired) electrons. The number of benzene rings is 1. The molecule has 1 atom stereocenters. The minimum atomic E-state index is 0.317. The summed E-state index contributed by atoms with van der Waals surface area (Å²) in [5, 5.41) is 9.20. The lowest BCUT2D eigenvalue weighted by molar-refractivity contribution is 0.475. The standard InChI is InChI=1S/C14H15NO/c1-11(13-3-2-8-15-10-13)9-12-4-6-14(16)7-5-12/h2-8,10-11,16H,9H2,1H3. The van der Waals surface area contributed by atoms with Crippen LogP contribution in [0, 0.1) is 0 Å². The third-order valence-corrected chi connectivity index (χ3v) is 2.73. The number of pyridine rings is 1. The van der Waals surface area contributed by atoms with Gasteiger partial charge in [-0.05, 0) is 41.7 Å². The van der Waals surface area contributed by atoms with Crippen molar-refractivity contribution in [2.45, 2.75) is 19.3 Å². The zero-order valence-electron chi connectivity index (χ0n) is 9.30. The average molecular weight is 213 g/mol. The van der Waals surface area contributed by atoms with Crippen molar-refractivity contribution >= 4 is 0 Å². The molecule has 1 N–H and O–H groups in total. The molecular formula is C14H15NO. The highest BCUT2D eigenvalue weighted by atomic mass is 16.3. The van der Waals surface area contributed by atoms with Gasteiger partial charge in [0.2, 0.25) is 0 Å². The molecule has 2 heteroatoms. The quantitative estimate of drug-likeness (QED) is 0.849. The highest BCUT2D eigenvalue weighted by Gasteiger charge is 2.06. The molecule has 0 bridgehead atoms. The third kappa shape index (κ3) is 2.60. The van der Waals surface area contributed by atoms with Crippen LogP contribution in [0.1, 0.15) is 24.0 Å². The summed E-state index contributed by atoms with van der Waals surface area (Å²) < 4.78 is 0. The van der Waals surface area contributed by atoms with Gasteiger partial charge in [0.1, 0.15) is 5.75 Å². The van der Waals surface area contributed by atoms with Crippen LogP contribution < -0.4 is 0 Å². The minimum Gasteiger partial charge on any atom is -0.508 e. The monoisotopic (exact) mass is 213 g/mol. The minimum absolute atomic E-state index is 0.317. The van der Waals surface area contributed by atoms with Crippen LogP contribution in [-0.4, -0.2) is 10.1 Å². The topological polar surface area (TPSA) is 33.1 Å². The fourth-order valence-corrected chi connectivity index (χ4v) is 1.77. The fourth-order valence-electron chi connectivity index (χ4n) is 1.77. The summed E-state index contributed by atoms with van der Waals surface area (Å²) in [7, 11) is 0. The third-order valence-electron chi connectivity index (χ3n) is 2.73. The summed E-state index contributed by atoms with van der Waals surface area (Å²) in [4.78, 5) is 4.12. The van der Waals surface area contributed by atoms with E-state index in [9.17, 15) is 5.11 Å². The van der Waals surface area contributed by atoms with Crippen LogP contribution in [0.25, 0.3) is 0 Å². The maximum Gasteiger partial charge on any atom is 0.115 e. The van der Waals surface area contributed by atoms with Crippen molar-refractivity contribution in [1.29, 1.82) is 0 Å². The van der Waals surface area contributed by atoms with E-state index in [1.54, 1.807) is 18.3 Å². The van der Waals surface area contributed by atoms with Gasteiger partial charge in [0.25, 0.3) is 0 Å². The lowest BCUT2D eigenvalue weighted by atomic mass is 9.95. The fraction of sp³-hybridized carbons (Fsp3) is 0.214. The number of rotatable bonds is 3. The molecule has 0 fully saturated rings. The number of phenolic OH excluding ortho intramolecular Hbond substituents is 1. The van der Waals surface area contributed by atoms with E-state index in [0.29, 0.717) is 11.7 Å². The Morgan fingerprint density at radius 3 is 2.56 bits per heavy atom. The summed E-state index contributed by atoms with van der Waals surface area (Å²) in [6.07, 6.45) is 4.66. The van der Waals surface area contributed by atoms with Gasteiger partial charge in [-0.3, -0.25) is 4.98 Å². The molecule has 1 heterocycles. The molecule has 0 amide bonds. The van der Waals surface area contributed by atoms with E-state index < -0.39 is 0 Å². The summed E-state index contributed by atoms with van der Waals surface area (Å²) in [5.74, 6) is 0.760. The maximum atomic E-state index is 9.20. The summed E-state index contributed by atoms with van der Waals surface area (Å²) in [5.41, 5.74) is 2.48. The van der Waals surface area contributed by atoms with E-state index in [-0.39, 0.29) is 0 Å². The van der Waals surface area contributed by atoms with E-state index >= 15 is 0 Å². The van der Waals surface area contributed by atoms with Gasteiger partial charge in [0, 0.05) is 12.4 Å². The largest absolute Gasteiger partial charge is 0.508 e. The molecule has 0 aliphatic carbocycles. The normalized spacial score (nSPS) is 12.3. The van der Waals surface area contributed by atoms with Gasteiger partial charge in [0.15, 0.2) is 0 Å². The van der Waals surface area contributed by atoms with Gasteiger partial charge in [-0.2, -0.15) is 0 Å². The number of hydrogen-bond donors (Lipinski definition) is 1. The van der Waals surface area contributed by atoms with E-state index in [1.807, 2.05) is 24.4 Å². The van der Waals surface area contributed by atoms with Gasteiger partial charge in [-0.25, -0.2) is 0 Å². The Balaban J connectivity index is 2.08. The lowest BCUT2D eigenvalue weighted by Gasteiger charge is -2.11. The Hall–Kier alpha value is -1.83. The first-order valence-corrected chi connectivity index (χ1v) is 5.43. The number of aromatic nitrogens is 1. The lowest BCUT2D eigenvalue weighted by Crippen LogP contribution is -1.98. The van der Waals surface area contributed by atoms with E-state index in [0.717, 1.165) is 6.42 Å². The van der Waals surface area contributed by atoms with Crippen molar-refractivity contribution < 1.29 is 5.11 Å². The van der Waals surface area contributed by atoms with E-state index in [2.05, 4.69) is 18.0 Å². The second-order valence-electron chi connectivity index (χ2n) is 4.06. The molecule has 0 aliphatic rings. The van der Waals surface area contributed by atoms with Gasteiger partial charge in [0.05, 0.1) is 0 Å². The SMILES string of the molecule is CC(Cc1ccc(O)cc1)c1cccnc1. The highest BCUT2D eigenvalue weighted by Crippen LogP contribution is 2.20. The molecule has 0 saturated carbocycles. The Labute approximate surface area is 95.6 Å². The molecule has 1 unspecified atom stereocenters. The second-order valence-corrected chi connectivity index (χ2v) is 4.06. The van der Waals surface area contributed by atoms with Crippen molar-refractivity contribution in [3.8, 4) is 5.75 Å². The molecule has 2 nitrogen and oxygen atoms in total. The van der Waals surface area contributed by atoms with Gasteiger partial charge in [-0.1, -0.05) is 25.1 Å². The van der Waals surface area contributed by atoms with E-state index in [4.69, 9.17) is 0 Å². The summed E-state index contributed by atoms with van der Waals surface area (Å²) in [6, 6.07) is 11.4. The van der Waals surface area contributed by atoms with Crippen LogP contribution in [0.5, 0.6) is 5.75 Å². The first-order chi connectivity index (χ1) is 7.75. The van der Waals surface area contributed by atoms with Crippen molar-refractivity contribution in [2.75, 3.05) is 0 Å². The van der Waals surface area contributed by atoms with Gasteiger partial charge in [-0.15, -0.1) is 0 Å². The first kappa shape index (κ1) is 10.7. The Morgan fingerprint density at radius 2 is 1.94 bits per heavy atom. The average Bonchev–Trinajstić information content (AvgIpc) is 2.33. The van der Waals surface area contributed by atoms with Crippen molar-refractivity contribution in [1.82, 2.24) is 4.98 Å². The van der Waals surface area contributed by atoms with Crippen LogP contribution >= 0.6 is 0 Å². The first-order valence-electron chi connectivity index (χ1n) is 5.43. The highest BCUT2D eigenvalue weighted by molar-refractivity contribution is 5.27. The smallest absolute Gasteiger partial charge is 0.115 e. The van der Waals surface area contributed by atoms with Crippen LogP contribution in [0.15, 0.2) is 48.8 Å². The van der Waals surface area contributed by atoms with Crippen molar-refractivity contribution in [2.24, 2.45) is 0 Å². The molecule has 1 aromatic carbocycles. The van der Waals surface area contributed by atoms with E-state index in [1.165, 1.54) is 11.1 Å². The van der Waals surface area contributed by atoms with Crippen LogP contribution in [0.2, 0.25) is 0 Å². The van der Waals surface area contributed by atoms with Gasteiger partial charge < -0.3 is 5.11 Å². The molecule has 16 heavy (non-hydrogen) atoms. The molecule has 82 valence electrons. The predicted molar refractivity (Wildman–Crippen MR) is 64.5 cm³/mol. The molecule has 2 aromatic rings. The van der Waals surface area contributed by atoms with Crippen LogP contribution in [0.4, 0.5) is 0 Å². The molecule has 0 saturated heterocycles. The van der Waals surface area contributed by atoms with Crippen LogP contribution in [-0.2, 0) is 6.42 Å². The Bertz CT molecular complexity index is 436. The summed E-state index contributed by atoms with van der Waals surface area (Å²) in [6.45, 7) is 2.18. The second kappa shape index (κ2) is 4.79. The summed E-state index contributed by atoms with van der Waals surface area (Å²) >= 11 is 0. The Morgan fingerprint density at radius 1 is 1.19 bits per heavy atom. The molecule has 2 rings (SSSR count). The van der Waals surface area contributed by atoms with Crippen molar-refractivity contribution in [3.05, 3.63) is 59.9 Å².